The van der Waals surface area contributed by atoms with Gasteiger partial charge in [0.05, 0.1) is 18.1 Å². The predicted molar refractivity (Wildman–Crippen MR) is 64.5 cm³/mol. The van der Waals surface area contributed by atoms with Gasteiger partial charge >= 0.3 is 6.18 Å². The van der Waals surface area contributed by atoms with E-state index < -0.39 is 23.8 Å². The maximum atomic E-state index is 12.5. The van der Waals surface area contributed by atoms with Crippen LogP contribution in [0.1, 0.15) is 12.0 Å². The van der Waals surface area contributed by atoms with Crippen LogP contribution >= 0.6 is 0 Å². The van der Waals surface area contributed by atoms with Gasteiger partial charge in [-0.3, -0.25) is 4.79 Å². The van der Waals surface area contributed by atoms with Crippen LogP contribution in [-0.2, 0) is 15.7 Å². The predicted octanol–water partition coefficient (Wildman–Crippen LogP) is 2.01. The van der Waals surface area contributed by atoms with E-state index in [9.17, 15) is 18.0 Å². The Kier molecular flexibility index (Phi) is 5.31. The second kappa shape index (κ2) is 6.53. The number of hydrogen-bond acceptors (Lipinski definition) is 3. The first-order valence-electron chi connectivity index (χ1n) is 5.56. The van der Waals surface area contributed by atoms with Gasteiger partial charge in [0.15, 0.2) is 0 Å². The third kappa shape index (κ3) is 4.88. The fourth-order valence-electron chi connectivity index (χ4n) is 1.45. The Hall–Kier alpha value is -1.60. The topological polar surface area (TPSA) is 64.3 Å². The van der Waals surface area contributed by atoms with Crippen molar-refractivity contribution < 1.29 is 22.7 Å². The zero-order chi connectivity index (χ0) is 14.5. The van der Waals surface area contributed by atoms with Gasteiger partial charge in [0.1, 0.15) is 0 Å². The lowest BCUT2D eigenvalue weighted by atomic mass is 10.2. The second-order valence-corrected chi connectivity index (χ2v) is 3.92. The highest BCUT2D eigenvalue weighted by Gasteiger charge is 2.30. The number of halogens is 3. The van der Waals surface area contributed by atoms with Crippen LogP contribution in [0.4, 0.5) is 18.9 Å². The van der Waals surface area contributed by atoms with Crippen molar-refractivity contribution in [3.63, 3.8) is 0 Å². The lowest BCUT2D eigenvalue weighted by molar-refractivity contribution is -0.137. The molecule has 4 nitrogen and oxygen atoms in total. The van der Waals surface area contributed by atoms with Crippen LogP contribution in [0.15, 0.2) is 24.3 Å². The smallest absolute Gasteiger partial charge is 0.380 e. The zero-order valence-corrected chi connectivity index (χ0v) is 10.3. The molecule has 1 rings (SSSR count). The highest BCUT2D eigenvalue weighted by molar-refractivity contribution is 5.91. The number of benzene rings is 1. The molecule has 0 fully saturated rings. The van der Waals surface area contributed by atoms with E-state index in [4.69, 9.17) is 10.5 Å². The third-order valence-electron chi connectivity index (χ3n) is 2.48. The molecule has 1 unspecified atom stereocenters. The summed E-state index contributed by atoms with van der Waals surface area (Å²) in [5, 5.41) is 2.38. The molecule has 0 heterocycles. The molecule has 1 aromatic carbocycles. The van der Waals surface area contributed by atoms with E-state index in [1.165, 1.54) is 19.2 Å². The molecule has 0 bridgehead atoms. The van der Waals surface area contributed by atoms with Crippen molar-refractivity contribution >= 4 is 11.6 Å². The molecule has 0 saturated carbocycles. The van der Waals surface area contributed by atoms with Gasteiger partial charge in [0, 0.05) is 19.3 Å². The van der Waals surface area contributed by atoms with Crippen LogP contribution in [0.3, 0.4) is 0 Å². The maximum absolute atomic E-state index is 12.5. The monoisotopic (exact) mass is 276 g/mol. The van der Waals surface area contributed by atoms with Crippen molar-refractivity contribution in [2.45, 2.75) is 18.7 Å². The number of ether oxygens (including phenoxy) is 1. The molecule has 3 N–H and O–H groups in total. The normalized spacial score (nSPS) is 13.1. The second-order valence-electron chi connectivity index (χ2n) is 3.92. The fourth-order valence-corrected chi connectivity index (χ4v) is 1.45. The van der Waals surface area contributed by atoms with Gasteiger partial charge in [-0.25, -0.2) is 0 Å². The average molecular weight is 276 g/mol. The van der Waals surface area contributed by atoms with Gasteiger partial charge in [-0.05, 0) is 18.2 Å². The van der Waals surface area contributed by atoms with E-state index in [2.05, 4.69) is 5.32 Å². The summed E-state index contributed by atoms with van der Waals surface area (Å²) < 4.78 is 42.3. The van der Waals surface area contributed by atoms with E-state index in [1.807, 2.05) is 0 Å². The van der Waals surface area contributed by atoms with Crippen LogP contribution in [0.25, 0.3) is 0 Å². The van der Waals surface area contributed by atoms with Crippen molar-refractivity contribution in [1.29, 1.82) is 0 Å². The van der Waals surface area contributed by atoms with Gasteiger partial charge in [-0.1, -0.05) is 6.07 Å². The van der Waals surface area contributed by atoms with Crippen molar-refractivity contribution in [3.05, 3.63) is 29.8 Å². The average Bonchev–Trinajstić information content (AvgIpc) is 2.35. The van der Waals surface area contributed by atoms with Crippen LogP contribution in [0, 0.1) is 0 Å². The number of methoxy groups -OCH3 is 1. The van der Waals surface area contributed by atoms with Gasteiger partial charge in [0.25, 0.3) is 0 Å². The summed E-state index contributed by atoms with van der Waals surface area (Å²) in [4.78, 5) is 11.6. The lowest BCUT2D eigenvalue weighted by Gasteiger charge is -2.13. The number of nitrogens with two attached hydrogens (primary N) is 1. The Morgan fingerprint density at radius 1 is 1.47 bits per heavy atom. The first-order chi connectivity index (χ1) is 8.86. The molecular weight excluding hydrogens is 261 g/mol. The molecule has 19 heavy (non-hydrogen) atoms. The molecular formula is C12H15F3N2O2. The minimum Gasteiger partial charge on any atom is -0.380 e. The van der Waals surface area contributed by atoms with Crippen molar-refractivity contribution in [1.82, 2.24) is 0 Å². The number of amides is 1. The first-order valence-corrected chi connectivity index (χ1v) is 5.56. The Labute approximate surface area is 108 Å². The Morgan fingerprint density at radius 3 is 2.68 bits per heavy atom. The van der Waals surface area contributed by atoms with Crippen LogP contribution in [-0.4, -0.2) is 25.7 Å². The number of anilines is 1. The molecule has 0 radical (unpaired) electrons. The molecule has 0 aliphatic rings. The summed E-state index contributed by atoms with van der Waals surface area (Å²) in [6, 6.07) is 4.43. The number of nitrogens with one attached hydrogen (secondary N) is 1. The molecule has 106 valence electrons. The summed E-state index contributed by atoms with van der Waals surface area (Å²) in [6.45, 7) is 0.159. The number of carbonyl (C=O) groups excluding carboxylic acids is 1. The Morgan fingerprint density at radius 2 is 2.16 bits per heavy atom. The number of hydrogen-bond donors (Lipinski definition) is 2. The van der Waals surface area contributed by atoms with Gasteiger partial charge < -0.3 is 15.8 Å². The number of rotatable bonds is 5. The van der Waals surface area contributed by atoms with Crippen LogP contribution in [0.5, 0.6) is 0 Å². The van der Waals surface area contributed by atoms with E-state index >= 15 is 0 Å². The zero-order valence-electron chi connectivity index (χ0n) is 10.3. The fraction of sp³-hybridized carbons (Fsp3) is 0.417. The quantitative estimate of drug-likeness (QED) is 0.864. The molecule has 0 aliphatic carbocycles. The molecule has 0 spiro atoms. The maximum Gasteiger partial charge on any atom is 0.416 e. The van der Waals surface area contributed by atoms with E-state index in [-0.39, 0.29) is 18.7 Å². The largest absolute Gasteiger partial charge is 0.416 e. The van der Waals surface area contributed by atoms with Crippen molar-refractivity contribution in [3.8, 4) is 0 Å². The Balaban J connectivity index is 2.70. The van der Waals surface area contributed by atoms with Crippen molar-refractivity contribution in [2.75, 3.05) is 19.0 Å². The minimum absolute atomic E-state index is 0.0107. The first kappa shape index (κ1) is 15.5. The van der Waals surface area contributed by atoms with E-state index in [0.717, 1.165) is 12.1 Å². The number of alkyl halides is 3. The molecule has 1 atom stereocenters. The van der Waals surface area contributed by atoms with Crippen LogP contribution in [0.2, 0.25) is 0 Å². The lowest BCUT2D eigenvalue weighted by Crippen LogP contribution is -2.28. The number of carbonyl (C=O) groups is 1. The summed E-state index contributed by atoms with van der Waals surface area (Å²) >= 11 is 0. The Bertz CT molecular complexity index is 431. The van der Waals surface area contributed by atoms with Crippen LogP contribution < -0.4 is 11.1 Å². The molecule has 0 saturated heterocycles. The van der Waals surface area contributed by atoms with Crippen molar-refractivity contribution in [2.24, 2.45) is 5.73 Å². The molecule has 0 aliphatic heterocycles. The van der Waals surface area contributed by atoms with Gasteiger partial charge in [-0.15, -0.1) is 0 Å². The minimum atomic E-state index is -4.44. The SMILES string of the molecule is COC(CN)CC(=O)Nc1cccc(C(F)(F)F)c1. The molecule has 0 aromatic heterocycles. The van der Waals surface area contributed by atoms with Gasteiger partial charge in [0.2, 0.25) is 5.91 Å². The summed E-state index contributed by atoms with van der Waals surface area (Å²) in [6.07, 6.45) is -4.90. The molecule has 1 amide bonds. The summed E-state index contributed by atoms with van der Waals surface area (Å²) in [7, 11) is 1.41. The molecule has 7 heteroatoms. The summed E-state index contributed by atoms with van der Waals surface area (Å²) in [5.74, 6) is -0.448. The summed E-state index contributed by atoms with van der Waals surface area (Å²) in [5.41, 5.74) is 4.63. The highest BCUT2D eigenvalue weighted by atomic mass is 19.4. The third-order valence-corrected chi connectivity index (χ3v) is 2.48. The standard InChI is InChI=1S/C12H15F3N2O2/c1-19-10(7-16)6-11(18)17-9-4-2-3-8(5-9)12(13,14)15/h2-5,10H,6-7,16H2,1H3,(H,17,18). The van der Waals surface area contributed by atoms with E-state index in [0.29, 0.717) is 0 Å². The molecule has 1 aromatic rings. The highest BCUT2D eigenvalue weighted by Crippen LogP contribution is 2.30. The van der Waals surface area contributed by atoms with E-state index in [1.54, 1.807) is 0 Å². The van der Waals surface area contributed by atoms with Gasteiger partial charge in [-0.2, -0.15) is 13.2 Å².